The molecule has 0 unspecified atom stereocenters. The van der Waals surface area contributed by atoms with Gasteiger partial charge in [-0.15, -0.1) is 0 Å². The highest BCUT2D eigenvalue weighted by Crippen LogP contribution is 2.38. The van der Waals surface area contributed by atoms with E-state index in [4.69, 9.17) is 4.74 Å². The number of ether oxygens (including phenoxy) is 1. The number of nitrogens with zero attached hydrogens (tertiary/aromatic N) is 2. The number of thioether (sulfide) groups is 1. The normalized spacial score (nSPS) is 17.3. The number of carbonyl (C=O) groups excluding carboxylic acids is 1. The molecule has 7 heteroatoms. The molecule has 0 aliphatic carbocycles. The summed E-state index contributed by atoms with van der Waals surface area (Å²) in [5.74, 6) is 0.297. The lowest BCUT2D eigenvalue weighted by atomic mass is 10.2. The summed E-state index contributed by atoms with van der Waals surface area (Å²) in [6.45, 7) is 2.28. The van der Waals surface area contributed by atoms with Crippen LogP contribution in [0.25, 0.3) is 6.08 Å². The van der Waals surface area contributed by atoms with Crippen LogP contribution in [0.4, 0.5) is 5.69 Å². The maximum Gasteiger partial charge on any atom is 0.266 e. The van der Waals surface area contributed by atoms with Crippen LogP contribution < -0.4 is 4.74 Å². The van der Waals surface area contributed by atoms with Crippen molar-refractivity contribution in [2.45, 2.75) is 6.92 Å². The van der Waals surface area contributed by atoms with E-state index >= 15 is 0 Å². The third-order valence-corrected chi connectivity index (χ3v) is 5.30. The lowest BCUT2D eigenvalue weighted by Crippen LogP contribution is -2.23. The van der Waals surface area contributed by atoms with Crippen LogP contribution in [-0.4, -0.2) is 34.7 Å². The van der Waals surface area contributed by atoms with Gasteiger partial charge in [0.25, 0.3) is 5.91 Å². The first kappa shape index (κ1) is 18.5. The molecule has 0 saturated carbocycles. The number of hydrogen-bond donors (Lipinski definition) is 1. The fraction of sp³-hybridized carbons (Fsp3) is 0.158. The van der Waals surface area contributed by atoms with Gasteiger partial charge in [-0.2, -0.15) is 0 Å². The Kier molecular flexibility index (Phi) is 5.68. The molecule has 1 fully saturated rings. The number of rotatable bonds is 4. The van der Waals surface area contributed by atoms with Crippen LogP contribution in [0.2, 0.25) is 0 Å². The second kappa shape index (κ2) is 7.97. The van der Waals surface area contributed by atoms with E-state index in [0.29, 0.717) is 26.9 Å². The fourth-order valence-corrected chi connectivity index (χ4v) is 3.81. The first-order valence-electron chi connectivity index (χ1n) is 7.96. The topological polar surface area (TPSA) is 62.1 Å². The van der Waals surface area contributed by atoms with Crippen molar-refractivity contribution in [2.24, 2.45) is 4.99 Å². The molecule has 1 N–H and O–H groups in total. The van der Waals surface area contributed by atoms with Gasteiger partial charge in [0.2, 0.25) is 0 Å². The number of para-hydroxylation sites is 1. The number of phenols is 1. The molecule has 0 bridgehead atoms. The van der Waals surface area contributed by atoms with Crippen molar-refractivity contribution >= 4 is 50.5 Å². The molecule has 2 aromatic carbocycles. The number of phenolic OH excluding ortho intramolecular Hbond substituents is 1. The highest BCUT2D eigenvalue weighted by Gasteiger charge is 2.30. The van der Waals surface area contributed by atoms with Gasteiger partial charge in [-0.3, -0.25) is 9.69 Å². The Balaban J connectivity index is 1.92. The standard InChI is InChI=1S/C19H17BrN2O3S/c1-3-25-15-10-12(9-14(20)17(15)23)11-16-18(24)22(2)19(26-16)21-13-7-5-4-6-8-13/h4-11,23H,3H2,1-2H3. The zero-order chi connectivity index (χ0) is 18.7. The summed E-state index contributed by atoms with van der Waals surface area (Å²) in [6, 6.07) is 13.0. The summed E-state index contributed by atoms with van der Waals surface area (Å²) in [6.07, 6.45) is 1.77. The third kappa shape index (κ3) is 3.94. The lowest BCUT2D eigenvalue weighted by Gasteiger charge is -2.09. The first-order valence-corrected chi connectivity index (χ1v) is 9.57. The van der Waals surface area contributed by atoms with E-state index in [1.807, 2.05) is 37.3 Å². The van der Waals surface area contributed by atoms with Gasteiger partial charge in [-0.05, 0) is 70.5 Å². The minimum Gasteiger partial charge on any atom is -0.503 e. The Labute approximate surface area is 164 Å². The van der Waals surface area contributed by atoms with Crippen LogP contribution >= 0.6 is 27.7 Å². The summed E-state index contributed by atoms with van der Waals surface area (Å²) in [5.41, 5.74) is 1.55. The van der Waals surface area contributed by atoms with Gasteiger partial charge in [-0.1, -0.05) is 18.2 Å². The number of aliphatic imine (C=N–C) groups is 1. The van der Waals surface area contributed by atoms with Crippen molar-refractivity contribution < 1.29 is 14.6 Å². The Morgan fingerprint density at radius 1 is 1.31 bits per heavy atom. The fourth-order valence-electron chi connectivity index (χ4n) is 2.36. The van der Waals surface area contributed by atoms with Crippen molar-refractivity contribution in [1.82, 2.24) is 4.90 Å². The molecule has 0 spiro atoms. The van der Waals surface area contributed by atoms with Gasteiger partial charge in [-0.25, -0.2) is 4.99 Å². The quantitative estimate of drug-likeness (QED) is 0.705. The number of carbonyl (C=O) groups is 1. The average molecular weight is 433 g/mol. The van der Waals surface area contributed by atoms with E-state index in [0.717, 1.165) is 11.3 Å². The molecule has 1 saturated heterocycles. The van der Waals surface area contributed by atoms with Crippen LogP contribution in [0.5, 0.6) is 11.5 Å². The Bertz CT molecular complexity index is 897. The van der Waals surface area contributed by atoms with Crippen LogP contribution in [-0.2, 0) is 4.79 Å². The van der Waals surface area contributed by atoms with Crippen LogP contribution in [0.15, 0.2) is 56.8 Å². The molecule has 1 aliphatic heterocycles. The van der Waals surface area contributed by atoms with E-state index in [1.165, 1.54) is 16.7 Å². The van der Waals surface area contributed by atoms with Crippen LogP contribution in [0.3, 0.4) is 0 Å². The summed E-state index contributed by atoms with van der Waals surface area (Å²) < 4.78 is 5.95. The van der Waals surface area contributed by atoms with Crippen LogP contribution in [0.1, 0.15) is 12.5 Å². The molecule has 26 heavy (non-hydrogen) atoms. The van der Waals surface area contributed by atoms with E-state index in [-0.39, 0.29) is 11.7 Å². The predicted molar refractivity (Wildman–Crippen MR) is 109 cm³/mol. The zero-order valence-electron chi connectivity index (χ0n) is 14.3. The molecule has 2 aromatic rings. The number of benzene rings is 2. The van der Waals surface area contributed by atoms with Crippen molar-refractivity contribution in [3.8, 4) is 11.5 Å². The minimum atomic E-state index is -0.119. The Hall–Kier alpha value is -2.25. The van der Waals surface area contributed by atoms with E-state index in [2.05, 4.69) is 20.9 Å². The van der Waals surface area contributed by atoms with Crippen molar-refractivity contribution in [1.29, 1.82) is 0 Å². The first-order chi connectivity index (χ1) is 12.5. The monoisotopic (exact) mass is 432 g/mol. The molecule has 1 amide bonds. The van der Waals surface area contributed by atoms with Gasteiger partial charge >= 0.3 is 0 Å². The number of likely N-dealkylation sites (N-methyl/N-ethyl adjacent to an activating group) is 1. The molecule has 5 nitrogen and oxygen atoms in total. The molecule has 134 valence electrons. The largest absolute Gasteiger partial charge is 0.503 e. The second-order valence-electron chi connectivity index (χ2n) is 5.49. The highest BCUT2D eigenvalue weighted by atomic mass is 79.9. The van der Waals surface area contributed by atoms with E-state index in [1.54, 1.807) is 25.3 Å². The number of hydrogen-bond acceptors (Lipinski definition) is 5. The molecule has 1 heterocycles. The van der Waals surface area contributed by atoms with Crippen LogP contribution in [0, 0.1) is 0 Å². The molecule has 0 aromatic heterocycles. The Morgan fingerprint density at radius 2 is 2.04 bits per heavy atom. The maximum atomic E-state index is 12.5. The molecule has 0 atom stereocenters. The lowest BCUT2D eigenvalue weighted by molar-refractivity contribution is -0.121. The summed E-state index contributed by atoms with van der Waals surface area (Å²) in [7, 11) is 1.70. The van der Waals surface area contributed by atoms with Crippen molar-refractivity contribution in [3.05, 3.63) is 57.4 Å². The summed E-state index contributed by atoms with van der Waals surface area (Å²) in [5, 5.41) is 10.6. The molecule has 0 radical (unpaired) electrons. The van der Waals surface area contributed by atoms with Gasteiger partial charge < -0.3 is 9.84 Å². The molecule has 1 aliphatic rings. The Morgan fingerprint density at radius 3 is 2.73 bits per heavy atom. The van der Waals surface area contributed by atoms with Gasteiger partial charge in [0.05, 0.1) is 21.7 Å². The SMILES string of the molecule is CCOc1cc(C=C2SC(=Nc3ccccc3)N(C)C2=O)cc(Br)c1O. The van der Waals surface area contributed by atoms with Gasteiger partial charge in [0.15, 0.2) is 16.7 Å². The van der Waals surface area contributed by atoms with E-state index < -0.39 is 0 Å². The van der Waals surface area contributed by atoms with Gasteiger partial charge in [0.1, 0.15) is 0 Å². The van der Waals surface area contributed by atoms with Gasteiger partial charge in [0, 0.05) is 7.05 Å². The predicted octanol–water partition coefficient (Wildman–Crippen LogP) is 4.79. The summed E-state index contributed by atoms with van der Waals surface area (Å²) in [4.78, 5) is 19.2. The smallest absolute Gasteiger partial charge is 0.266 e. The average Bonchev–Trinajstić information content (AvgIpc) is 2.88. The second-order valence-corrected chi connectivity index (χ2v) is 7.35. The third-order valence-electron chi connectivity index (χ3n) is 3.63. The molecular formula is C19H17BrN2O3S. The number of halogens is 1. The summed E-state index contributed by atoms with van der Waals surface area (Å²) >= 11 is 4.63. The van der Waals surface area contributed by atoms with E-state index in [9.17, 15) is 9.90 Å². The number of amidine groups is 1. The number of amides is 1. The zero-order valence-corrected chi connectivity index (χ0v) is 16.7. The molecular weight excluding hydrogens is 416 g/mol. The number of aromatic hydroxyl groups is 1. The highest BCUT2D eigenvalue weighted by molar-refractivity contribution is 9.10. The maximum absolute atomic E-state index is 12.5. The minimum absolute atomic E-state index is 0.0443. The van der Waals surface area contributed by atoms with Crippen molar-refractivity contribution in [2.75, 3.05) is 13.7 Å². The molecule has 3 rings (SSSR count). The van der Waals surface area contributed by atoms with Crippen molar-refractivity contribution in [3.63, 3.8) is 0 Å².